The fourth-order valence-electron chi connectivity index (χ4n) is 5.44. The molecule has 40 heavy (non-hydrogen) atoms. The third-order valence-electron chi connectivity index (χ3n) is 7.22. The number of aliphatic hydroxyl groups is 1. The molecule has 3 heterocycles. The highest BCUT2D eigenvalue weighted by Gasteiger charge is 2.48. The van der Waals surface area contributed by atoms with Crippen molar-refractivity contribution in [3.63, 3.8) is 0 Å². The largest absolute Gasteiger partial charge is 0.507 e. The van der Waals surface area contributed by atoms with E-state index in [1.807, 2.05) is 32.9 Å². The molecule has 1 fully saturated rings. The second-order valence-corrected chi connectivity index (χ2v) is 12.0. The number of aliphatic hydroxyl groups excluding tert-OH is 1. The van der Waals surface area contributed by atoms with Gasteiger partial charge in [0, 0.05) is 12.0 Å². The zero-order valence-corrected chi connectivity index (χ0v) is 24.5. The van der Waals surface area contributed by atoms with Gasteiger partial charge in [-0.05, 0) is 95.4 Å². The van der Waals surface area contributed by atoms with Crippen molar-refractivity contribution in [2.45, 2.75) is 39.3 Å². The molecule has 0 unspecified atom stereocenters. The number of anilines is 1. The number of thiazole rings is 1. The van der Waals surface area contributed by atoms with Gasteiger partial charge in [0.25, 0.3) is 5.78 Å². The molecule has 6 rings (SSSR count). The summed E-state index contributed by atoms with van der Waals surface area (Å²) in [4.78, 5) is 33.4. The number of phenolic OH excluding ortho intramolecular Hbond substituents is 1. The Hall–Kier alpha value is -3.89. The van der Waals surface area contributed by atoms with Crippen molar-refractivity contribution in [2.24, 2.45) is 0 Å². The summed E-state index contributed by atoms with van der Waals surface area (Å²) in [5, 5.41) is 22.4. The molecule has 0 saturated carbocycles. The Morgan fingerprint density at radius 3 is 2.70 bits per heavy atom. The average molecular weight is 622 g/mol. The fourth-order valence-corrected chi connectivity index (χ4v) is 7.07. The summed E-state index contributed by atoms with van der Waals surface area (Å²) >= 11 is 4.65. The second kappa shape index (κ2) is 9.64. The predicted molar refractivity (Wildman–Crippen MR) is 156 cm³/mol. The van der Waals surface area contributed by atoms with Gasteiger partial charge in [-0.1, -0.05) is 17.4 Å². The topological polar surface area (TPSA) is 109 Å². The third kappa shape index (κ3) is 4.13. The van der Waals surface area contributed by atoms with Gasteiger partial charge in [-0.25, -0.2) is 4.98 Å². The SMILES string of the molecule is COc1cc([C@H]2/C(=C(\O)c3ccc4c(c3)C[C@H](C)O4)C(=O)C(=O)N2c2nc3c(C)cc(C)cc3s2)cc(Br)c1O. The summed E-state index contributed by atoms with van der Waals surface area (Å²) in [6, 6.07) is 11.4. The van der Waals surface area contributed by atoms with Crippen LogP contribution in [0.2, 0.25) is 0 Å². The minimum Gasteiger partial charge on any atom is -0.507 e. The molecule has 2 aliphatic heterocycles. The summed E-state index contributed by atoms with van der Waals surface area (Å²) in [7, 11) is 1.41. The van der Waals surface area contributed by atoms with Crippen LogP contribution < -0.4 is 14.4 Å². The molecule has 10 heteroatoms. The van der Waals surface area contributed by atoms with Crippen molar-refractivity contribution in [3.8, 4) is 17.2 Å². The maximum atomic E-state index is 13.7. The number of ether oxygens (including phenoxy) is 2. The smallest absolute Gasteiger partial charge is 0.301 e. The van der Waals surface area contributed by atoms with E-state index >= 15 is 0 Å². The number of aryl methyl sites for hydroxylation is 2. The summed E-state index contributed by atoms with van der Waals surface area (Å²) in [6.45, 7) is 5.90. The summed E-state index contributed by atoms with van der Waals surface area (Å²) < 4.78 is 12.3. The minimum absolute atomic E-state index is 0.00548. The zero-order chi connectivity index (χ0) is 28.5. The van der Waals surface area contributed by atoms with Gasteiger partial charge in [-0.2, -0.15) is 0 Å². The summed E-state index contributed by atoms with van der Waals surface area (Å²) in [5.41, 5.74) is 4.43. The molecule has 2 atom stereocenters. The van der Waals surface area contributed by atoms with Crippen LogP contribution in [-0.2, 0) is 16.0 Å². The van der Waals surface area contributed by atoms with Gasteiger partial charge in [0.15, 0.2) is 16.6 Å². The number of halogens is 1. The van der Waals surface area contributed by atoms with Crippen molar-refractivity contribution < 1.29 is 29.3 Å². The Morgan fingerprint density at radius 2 is 1.95 bits per heavy atom. The minimum atomic E-state index is -1.03. The first-order valence-corrected chi connectivity index (χ1v) is 14.2. The number of hydrogen-bond acceptors (Lipinski definition) is 8. The van der Waals surface area contributed by atoms with Crippen LogP contribution in [0.4, 0.5) is 5.13 Å². The number of ketones is 1. The Morgan fingerprint density at radius 1 is 1.18 bits per heavy atom. The number of fused-ring (bicyclic) bond motifs is 2. The number of aromatic nitrogens is 1. The molecule has 1 amide bonds. The molecular formula is C30H25BrN2O6S. The number of aromatic hydroxyl groups is 1. The number of amides is 1. The van der Waals surface area contributed by atoms with Gasteiger partial charge in [0.1, 0.15) is 17.6 Å². The Bertz CT molecular complexity index is 1780. The molecule has 0 bridgehead atoms. The molecule has 1 saturated heterocycles. The quantitative estimate of drug-likeness (QED) is 0.156. The van der Waals surface area contributed by atoms with E-state index in [9.17, 15) is 19.8 Å². The van der Waals surface area contributed by atoms with Crippen LogP contribution >= 0.6 is 27.3 Å². The second-order valence-electron chi connectivity index (χ2n) is 10.1. The number of rotatable bonds is 4. The van der Waals surface area contributed by atoms with Gasteiger partial charge in [0.05, 0.1) is 33.4 Å². The monoisotopic (exact) mass is 620 g/mol. The van der Waals surface area contributed by atoms with Gasteiger partial charge >= 0.3 is 5.91 Å². The van der Waals surface area contributed by atoms with Crippen molar-refractivity contribution in [2.75, 3.05) is 12.0 Å². The maximum Gasteiger partial charge on any atom is 0.301 e. The average Bonchev–Trinajstić information content (AvgIpc) is 3.57. The summed E-state index contributed by atoms with van der Waals surface area (Å²) in [5.74, 6) is -1.18. The zero-order valence-electron chi connectivity index (χ0n) is 22.1. The molecule has 8 nitrogen and oxygen atoms in total. The maximum absolute atomic E-state index is 13.7. The van der Waals surface area contributed by atoms with Crippen LogP contribution in [-0.4, -0.2) is 40.1 Å². The van der Waals surface area contributed by atoms with E-state index in [-0.39, 0.29) is 28.9 Å². The van der Waals surface area contributed by atoms with E-state index in [0.29, 0.717) is 27.2 Å². The van der Waals surface area contributed by atoms with Crippen LogP contribution in [0.1, 0.15) is 40.8 Å². The fraction of sp³-hybridized carbons (Fsp3) is 0.233. The third-order valence-corrected chi connectivity index (χ3v) is 8.83. The van der Waals surface area contributed by atoms with Gasteiger partial charge in [0.2, 0.25) is 0 Å². The van der Waals surface area contributed by atoms with E-state index in [1.165, 1.54) is 23.3 Å². The number of nitrogens with zero attached hydrogens (tertiary/aromatic N) is 2. The first kappa shape index (κ1) is 26.3. The lowest BCUT2D eigenvalue weighted by Gasteiger charge is -2.24. The molecule has 1 aromatic heterocycles. The van der Waals surface area contributed by atoms with Crippen molar-refractivity contribution in [1.29, 1.82) is 0 Å². The molecule has 204 valence electrons. The first-order valence-electron chi connectivity index (χ1n) is 12.6. The molecule has 2 aliphatic rings. The van der Waals surface area contributed by atoms with Gasteiger partial charge in [-0.15, -0.1) is 0 Å². The number of Topliss-reactive ketones (excluding diaryl/α,β-unsaturated/α-hetero) is 1. The van der Waals surface area contributed by atoms with Gasteiger partial charge < -0.3 is 19.7 Å². The van der Waals surface area contributed by atoms with Crippen LogP contribution in [0.15, 0.2) is 52.5 Å². The van der Waals surface area contributed by atoms with Crippen LogP contribution in [0.25, 0.3) is 16.0 Å². The lowest BCUT2D eigenvalue weighted by molar-refractivity contribution is -0.132. The summed E-state index contributed by atoms with van der Waals surface area (Å²) in [6.07, 6.45) is 0.673. The van der Waals surface area contributed by atoms with Crippen molar-refractivity contribution in [3.05, 3.63) is 80.3 Å². The van der Waals surface area contributed by atoms with Crippen LogP contribution in [0.5, 0.6) is 17.2 Å². The van der Waals surface area contributed by atoms with E-state index < -0.39 is 17.7 Å². The van der Waals surface area contributed by atoms with E-state index in [1.54, 1.807) is 30.3 Å². The molecule has 0 radical (unpaired) electrons. The molecule has 2 N–H and O–H groups in total. The highest BCUT2D eigenvalue weighted by molar-refractivity contribution is 9.10. The van der Waals surface area contributed by atoms with E-state index in [4.69, 9.17) is 14.5 Å². The lowest BCUT2D eigenvalue weighted by Crippen LogP contribution is -2.29. The lowest BCUT2D eigenvalue weighted by atomic mass is 9.94. The van der Waals surface area contributed by atoms with Gasteiger partial charge in [-0.3, -0.25) is 14.5 Å². The van der Waals surface area contributed by atoms with Crippen LogP contribution in [0.3, 0.4) is 0 Å². The first-order chi connectivity index (χ1) is 19.1. The predicted octanol–water partition coefficient (Wildman–Crippen LogP) is 6.34. The molecular weight excluding hydrogens is 596 g/mol. The number of phenols is 1. The number of carbonyl (C=O) groups excluding carboxylic acids is 2. The molecule has 0 spiro atoms. The number of methoxy groups -OCH3 is 1. The Balaban J connectivity index is 1.58. The number of hydrogen-bond donors (Lipinski definition) is 2. The van der Waals surface area contributed by atoms with E-state index in [0.717, 1.165) is 32.7 Å². The normalized spacial score (nSPS) is 19.8. The van der Waals surface area contributed by atoms with Crippen molar-refractivity contribution in [1.82, 2.24) is 4.98 Å². The standard InChI is InChI=1S/C30H25BrN2O6S/c1-13-7-14(2)24-22(8-13)40-30(32-24)33-25(18-11-19(31)27(35)21(12-18)38-4)23(28(36)29(33)37)26(34)16-5-6-20-17(10-16)9-15(3)39-20/h5-8,10-12,15,25,34-35H,9H2,1-4H3/b26-23+/t15-,25-/m0/s1. The highest BCUT2D eigenvalue weighted by atomic mass is 79.9. The van der Waals surface area contributed by atoms with Crippen molar-refractivity contribution >= 4 is 60.1 Å². The molecule has 4 aromatic rings. The van der Waals surface area contributed by atoms with E-state index in [2.05, 4.69) is 15.9 Å². The highest BCUT2D eigenvalue weighted by Crippen LogP contribution is 2.48. The Kier molecular flexibility index (Phi) is 6.35. The molecule has 3 aromatic carbocycles. The van der Waals surface area contributed by atoms with Crippen LogP contribution in [0, 0.1) is 13.8 Å². The number of benzene rings is 3. The Labute approximate surface area is 242 Å². The molecule has 0 aliphatic carbocycles. The number of carbonyl (C=O) groups is 2.